The van der Waals surface area contributed by atoms with Crippen molar-refractivity contribution in [1.82, 2.24) is 15.0 Å². The number of anilines is 1. The van der Waals surface area contributed by atoms with E-state index >= 15 is 0 Å². The maximum absolute atomic E-state index is 10.7. The summed E-state index contributed by atoms with van der Waals surface area (Å²) >= 11 is 1.10. The lowest BCUT2D eigenvalue weighted by Gasteiger charge is -2.01. The summed E-state index contributed by atoms with van der Waals surface area (Å²) in [7, 11) is 0. The maximum atomic E-state index is 10.7. The van der Waals surface area contributed by atoms with Crippen LogP contribution in [0.4, 0.5) is 5.13 Å². The molecule has 2 heterocycles. The molecule has 2 aromatic rings. The molecule has 0 aromatic carbocycles. The normalized spacial score (nSPS) is 10.2. The van der Waals surface area contributed by atoms with Crippen molar-refractivity contribution in [2.75, 3.05) is 5.32 Å². The first-order valence-electron chi connectivity index (χ1n) is 4.86. The van der Waals surface area contributed by atoms with Crippen molar-refractivity contribution in [3.05, 3.63) is 34.9 Å². The van der Waals surface area contributed by atoms with E-state index in [9.17, 15) is 4.79 Å². The van der Waals surface area contributed by atoms with Gasteiger partial charge in [-0.25, -0.2) is 19.7 Å². The van der Waals surface area contributed by atoms with Gasteiger partial charge in [0.25, 0.3) is 0 Å². The number of hydrogen-bond donors (Lipinski definition) is 2. The molecule has 0 bridgehead atoms. The molecule has 6 nitrogen and oxygen atoms in total. The summed E-state index contributed by atoms with van der Waals surface area (Å²) in [4.78, 5) is 23.0. The largest absolute Gasteiger partial charge is 0.477 e. The Morgan fingerprint density at radius 3 is 3.00 bits per heavy atom. The Morgan fingerprint density at radius 1 is 1.53 bits per heavy atom. The van der Waals surface area contributed by atoms with Crippen molar-refractivity contribution >= 4 is 22.4 Å². The summed E-state index contributed by atoms with van der Waals surface area (Å²) in [5, 5.41) is 12.3. The van der Waals surface area contributed by atoms with Crippen molar-refractivity contribution in [3.8, 4) is 0 Å². The minimum atomic E-state index is -0.964. The van der Waals surface area contributed by atoms with Gasteiger partial charge in [0.1, 0.15) is 10.7 Å². The number of hydrogen-bond acceptors (Lipinski definition) is 6. The molecule has 7 heteroatoms. The van der Waals surface area contributed by atoms with Crippen LogP contribution in [0.1, 0.15) is 21.2 Å². The molecule has 0 aliphatic carbocycles. The fraction of sp³-hybridized carbons (Fsp3) is 0.200. The molecule has 0 saturated heterocycles. The zero-order valence-electron chi connectivity index (χ0n) is 9.04. The summed E-state index contributed by atoms with van der Waals surface area (Å²) in [6, 6.07) is 1.80. The highest BCUT2D eigenvalue weighted by Gasteiger charge is 2.08. The van der Waals surface area contributed by atoms with Crippen LogP contribution in [0.25, 0.3) is 0 Å². The Balaban J connectivity index is 2.00. The molecule has 0 fully saturated rings. The standard InChI is InChI=1S/C10H10N4O2S/c1-6-11-3-2-7(14-6)4-12-10-13-5-8(17-10)9(15)16/h2-3,5H,4H2,1H3,(H,12,13)(H,15,16). The molecule has 2 N–H and O–H groups in total. The number of rotatable bonds is 4. The quantitative estimate of drug-likeness (QED) is 0.856. The van der Waals surface area contributed by atoms with Gasteiger partial charge in [-0.05, 0) is 13.0 Å². The summed E-state index contributed by atoms with van der Waals surface area (Å²) < 4.78 is 0. The van der Waals surface area contributed by atoms with Gasteiger partial charge in [0.15, 0.2) is 5.13 Å². The van der Waals surface area contributed by atoms with Gasteiger partial charge < -0.3 is 10.4 Å². The second kappa shape index (κ2) is 4.88. The second-order valence-corrected chi connectivity index (χ2v) is 4.31. The SMILES string of the molecule is Cc1nccc(CNc2ncc(C(=O)O)s2)n1. The van der Waals surface area contributed by atoms with Crippen LogP contribution in [-0.2, 0) is 6.54 Å². The van der Waals surface area contributed by atoms with E-state index < -0.39 is 5.97 Å². The van der Waals surface area contributed by atoms with E-state index in [1.165, 1.54) is 6.20 Å². The van der Waals surface area contributed by atoms with Crippen molar-refractivity contribution in [3.63, 3.8) is 0 Å². The van der Waals surface area contributed by atoms with Crippen LogP contribution in [0.5, 0.6) is 0 Å². The first-order chi connectivity index (χ1) is 8.15. The van der Waals surface area contributed by atoms with Gasteiger partial charge in [0.2, 0.25) is 0 Å². The van der Waals surface area contributed by atoms with Crippen LogP contribution in [0.15, 0.2) is 18.5 Å². The fourth-order valence-corrected chi connectivity index (χ4v) is 1.88. The lowest BCUT2D eigenvalue weighted by molar-refractivity contribution is 0.0702. The van der Waals surface area contributed by atoms with Crippen LogP contribution in [0.2, 0.25) is 0 Å². The topological polar surface area (TPSA) is 88.0 Å². The van der Waals surface area contributed by atoms with E-state index in [4.69, 9.17) is 5.11 Å². The molecule has 2 aromatic heterocycles. The summed E-state index contributed by atoms with van der Waals surface area (Å²) in [6.45, 7) is 2.31. The number of carbonyl (C=O) groups is 1. The van der Waals surface area contributed by atoms with Gasteiger partial charge in [-0.15, -0.1) is 0 Å². The van der Waals surface area contributed by atoms with Crippen LogP contribution in [-0.4, -0.2) is 26.0 Å². The average molecular weight is 250 g/mol. The molecule has 2 rings (SSSR count). The molecule has 0 spiro atoms. The Bertz CT molecular complexity index is 541. The number of nitrogens with zero attached hydrogens (tertiary/aromatic N) is 3. The molecule has 0 amide bonds. The number of thiazole rings is 1. The van der Waals surface area contributed by atoms with E-state index in [1.54, 1.807) is 12.3 Å². The Kier molecular flexibility index (Phi) is 3.29. The molecular weight excluding hydrogens is 240 g/mol. The monoisotopic (exact) mass is 250 g/mol. The van der Waals surface area contributed by atoms with Crippen LogP contribution in [0, 0.1) is 6.92 Å². The van der Waals surface area contributed by atoms with Crippen molar-refractivity contribution < 1.29 is 9.90 Å². The third kappa shape index (κ3) is 2.97. The van der Waals surface area contributed by atoms with E-state index in [0.29, 0.717) is 17.5 Å². The lowest BCUT2D eigenvalue weighted by Crippen LogP contribution is -2.02. The summed E-state index contributed by atoms with van der Waals surface area (Å²) in [5.74, 6) is -0.261. The fourth-order valence-electron chi connectivity index (χ4n) is 1.22. The summed E-state index contributed by atoms with van der Waals surface area (Å²) in [5.41, 5.74) is 0.838. The second-order valence-electron chi connectivity index (χ2n) is 3.28. The van der Waals surface area contributed by atoms with Gasteiger partial charge >= 0.3 is 5.97 Å². The molecular formula is C10H10N4O2S. The molecule has 17 heavy (non-hydrogen) atoms. The number of nitrogens with one attached hydrogen (secondary N) is 1. The van der Waals surface area contributed by atoms with E-state index in [2.05, 4.69) is 20.3 Å². The molecule has 0 aliphatic heterocycles. The minimum Gasteiger partial charge on any atom is -0.477 e. The number of carboxylic acid groups (broad SMARTS) is 1. The van der Waals surface area contributed by atoms with Crippen molar-refractivity contribution in [2.45, 2.75) is 13.5 Å². The predicted octanol–water partition coefficient (Wildman–Crippen LogP) is 1.55. The highest BCUT2D eigenvalue weighted by molar-refractivity contribution is 7.17. The van der Waals surface area contributed by atoms with Crippen LogP contribution < -0.4 is 5.32 Å². The van der Waals surface area contributed by atoms with Crippen LogP contribution in [0.3, 0.4) is 0 Å². The van der Waals surface area contributed by atoms with Gasteiger partial charge in [-0.2, -0.15) is 0 Å². The van der Waals surface area contributed by atoms with Gasteiger partial charge in [-0.1, -0.05) is 11.3 Å². The Labute approximate surface area is 101 Å². The Hall–Kier alpha value is -2.02. The minimum absolute atomic E-state index is 0.214. The van der Waals surface area contributed by atoms with E-state index in [1.807, 2.05) is 6.92 Å². The Morgan fingerprint density at radius 2 is 2.35 bits per heavy atom. The number of aromatic nitrogens is 3. The zero-order chi connectivity index (χ0) is 12.3. The van der Waals surface area contributed by atoms with Crippen LogP contribution >= 0.6 is 11.3 Å². The van der Waals surface area contributed by atoms with Gasteiger partial charge in [0.05, 0.1) is 18.4 Å². The third-order valence-corrected chi connectivity index (χ3v) is 2.91. The summed E-state index contributed by atoms with van der Waals surface area (Å²) in [6.07, 6.45) is 3.02. The highest BCUT2D eigenvalue weighted by Crippen LogP contribution is 2.18. The average Bonchev–Trinajstić information content (AvgIpc) is 2.75. The first kappa shape index (κ1) is 11.5. The zero-order valence-corrected chi connectivity index (χ0v) is 9.86. The number of aromatic carboxylic acids is 1. The van der Waals surface area contributed by atoms with Gasteiger partial charge in [-0.3, -0.25) is 0 Å². The predicted molar refractivity (Wildman–Crippen MR) is 63.2 cm³/mol. The number of aryl methyl sites for hydroxylation is 1. The molecule has 0 aliphatic rings. The third-order valence-electron chi connectivity index (χ3n) is 1.97. The molecule has 88 valence electrons. The smallest absolute Gasteiger partial charge is 0.347 e. The lowest BCUT2D eigenvalue weighted by atomic mass is 10.4. The highest BCUT2D eigenvalue weighted by atomic mass is 32.1. The van der Waals surface area contributed by atoms with Crippen molar-refractivity contribution in [2.24, 2.45) is 0 Å². The van der Waals surface area contributed by atoms with E-state index in [-0.39, 0.29) is 4.88 Å². The molecule has 0 unspecified atom stereocenters. The number of carboxylic acids is 1. The van der Waals surface area contributed by atoms with Crippen molar-refractivity contribution in [1.29, 1.82) is 0 Å². The molecule has 0 saturated carbocycles. The van der Waals surface area contributed by atoms with Gasteiger partial charge in [0, 0.05) is 6.20 Å². The maximum Gasteiger partial charge on any atom is 0.347 e. The molecule has 0 radical (unpaired) electrons. The van der Waals surface area contributed by atoms with E-state index in [0.717, 1.165) is 17.0 Å². The first-order valence-corrected chi connectivity index (χ1v) is 5.68. The molecule has 0 atom stereocenters.